The number of ether oxygens (including phenoxy) is 1. The molecule has 2 atom stereocenters. The van der Waals surface area contributed by atoms with E-state index in [1.807, 2.05) is 49.7 Å². The number of nitrogens with two attached hydrogens (primary N) is 1. The Morgan fingerprint density at radius 3 is 2.73 bits per heavy atom. The van der Waals surface area contributed by atoms with E-state index in [2.05, 4.69) is 10.3 Å². The zero-order valence-corrected chi connectivity index (χ0v) is 18.6. The Morgan fingerprint density at radius 1 is 1.37 bits per heavy atom. The number of carbonyl (C=O) groups excluding carboxylic acids is 2. The topological polar surface area (TPSA) is 102 Å². The minimum Gasteiger partial charge on any atom is -0.447 e. The zero-order valence-electron chi connectivity index (χ0n) is 17.8. The highest BCUT2D eigenvalue weighted by atomic mass is 35.5. The van der Waals surface area contributed by atoms with Crippen molar-refractivity contribution in [2.75, 3.05) is 11.4 Å². The highest BCUT2D eigenvalue weighted by Gasteiger charge is 2.33. The predicted molar refractivity (Wildman–Crippen MR) is 119 cm³/mol. The molecule has 30 heavy (non-hydrogen) atoms. The van der Waals surface area contributed by atoms with Gasteiger partial charge in [0.05, 0.1) is 24.2 Å². The normalized spacial score (nSPS) is 17.9. The molecule has 0 saturated heterocycles. The van der Waals surface area contributed by atoms with Crippen LogP contribution in [0, 0.1) is 0 Å². The highest BCUT2D eigenvalue weighted by molar-refractivity contribution is 5.94. The first-order valence-electron chi connectivity index (χ1n) is 9.93. The molecule has 3 N–H and O–H groups in total. The van der Waals surface area contributed by atoms with Crippen molar-refractivity contribution in [2.24, 2.45) is 5.73 Å². The number of benzene rings is 1. The van der Waals surface area contributed by atoms with Gasteiger partial charge in [-0.05, 0) is 44.9 Å². The van der Waals surface area contributed by atoms with Crippen LogP contribution in [-0.2, 0) is 16.1 Å². The highest BCUT2D eigenvalue weighted by Crippen LogP contribution is 2.39. The smallest absolute Gasteiger partial charge is 0.407 e. The number of hydrogen-bond donors (Lipinski definition) is 2. The molecule has 2 aromatic rings. The van der Waals surface area contributed by atoms with E-state index in [0.717, 1.165) is 22.5 Å². The number of rotatable bonds is 5. The van der Waals surface area contributed by atoms with Gasteiger partial charge in [-0.3, -0.25) is 4.79 Å². The summed E-state index contributed by atoms with van der Waals surface area (Å²) in [7, 11) is 0. The van der Waals surface area contributed by atoms with Crippen LogP contribution in [0.2, 0.25) is 0 Å². The Hall–Kier alpha value is -2.58. The van der Waals surface area contributed by atoms with E-state index < -0.39 is 6.09 Å². The maximum atomic E-state index is 12.3. The summed E-state index contributed by atoms with van der Waals surface area (Å²) in [5.41, 5.74) is 9.03. The quantitative estimate of drug-likeness (QED) is 0.750. The average molecular weight is 436 g/mol. The van der Waals surface area contributed by atoms with Crippen LogP contribution in [0.15, 0.2) is 30.7 Å². The maximum absolute atomic E-state index is 12.3. The Bertz CT molecular complexity index is 899. The minimum atomic E-state index is -0.461. The van der Waals surface area contributed by atoms with Crippen LogP contribution in [0.1, 0.15) is 45.7 Å². The third-order valence-electron chi connectivity index (χ3n) is 4.97. The van der Waals surface area contributed by atoms with Crippen molar-refractivity contribution < 1.29 is 14.3 Å². The van der Waals surface area contributed by atoms with Gasteiger partial charge in [-0.25, -0.2) is 9.78 Å². The lowest BCUT2D eigenvalue weighted by molar-refractivity contribution is -0.117. The fourth-order valence-corrected chi connectivity index (χ4v) is 3.81. The summed E-state index contributed by atoms with van der Waals surface area (Å²) in [6.45, 7) is 8.39. The average Bonchev–Trinajstić information content (AvgIpc) is 3.09. The molecule has 0 unspecified atom stereocenters. The number of hydrogen-bond acceptors (Lipinski definition) is 5. The number of anilines is 1. The van der Waals surface area contributed by atoms with Crippen molar-refractivity contribution in [1.29, 1.82) is 0 Å². The van der Waals surface area contributed by atoms with Gasteiger partial charge in [0.25, 0.3) is 0 Å². The molecular weight excluding hydrogens is 406 g/mol. The zero-order chi connectivity index (χ0) is 21.1. The largest absolute Gasteiger partial charge is 0.447 e. The molecule has 1 aromatic carbocycles. The number of nitrogens with zero attached hydrogens (tertiary/aromatic N) is 3. The third-order valence-corrected chi connectivity index (χ3v) is 4.97. The van der Waals surface area contributed by atoms with Crippen LogP contribution in [0.25, 0.3) is 11.3 Å². The van der Waals surface area contributed by atoms with E-state index in [4.69, 9.17) is 10.5 Å². The van der Waals surface area contributed by atoms with Crippen molar-refractivity contribution in [1.82, 2.24) is 14.9 Å². The molecule has 164 valence electrons. The van der Waals surface area contributed by atoms with E-state index in [1.165, 1.54) is 0 Å². The van der Waals surface area contributed by atoms with Gasteiger partial charge in [-0.2, -0.15) is 0 Å². The van der Waals surface area contributed by atoms with E-state index in [9.17, 15) is 9.59 Å². The van der Waals surface area contributed by atoms with Gasteiger partial charge in [0.2, 0.25) is 5.91 Å². The third kappa shape index (κ3) is 5.12. The van der Waals surface area contributed by atoms with Gasteiger partial charge in [-0.15, -0.1) is 12.4 Å². The van der Waals surface area contributed by atoms with E-state index in [0.29, 0.717) is 19.5 Å². The number of fused-ring (bicyclic) bond motifs is 1. The molecule has 2 heterocycles. The lowest BCUT2D eigenvalue weighted by atomic mass is 9.90. The van der Waals surface area contributed by atoms with Gasteiger partial charge in [0.15, 0.2) is 0 Å². The molecule has 3 rings (SSSR count). The first kappa shape index (κ1) is 23.7. The second kappa shape index (κ2) is 9.95. The first-order chi connectivity index (χ1) is 13.8. The van der Waals surface area contributed by atoms with Gasteiger partial charge in [0.1, 0.15) is 0 Å². The Balaban J connectivity index is 0.00000320. The van der Waals surface area contributed by atoms with Crippen LogP contribution < -0.4 is 16.0 Å². The molecule has 1 aliphatic rings. The molecule has 0 spiro atoms. The molecule has 0 radical (unpaired) electrons. The summed E-state index contributed by atoms with van der Waals surface area (Å²) in [4.78, 5) is 30.7. The van der Waals surface area contributed by atoms with Crippen LogP contribution in [0.3, 0.4) is 0 Å². The van der Waals surface area contributed by atoms with Crippen molar-refractivity contribution in [3.63, 3.8) is 0 Å². The van der Waals surface area contributed by atoms with E-state index in [-0.39, 0.29) is 36.5 Å². The maximum Gasteiger partial charge on any atom is 0.407 e. The van der Waals surface area contributed by atoms with Crippen molar-refractivity contribution in [3.05, 3.63) is 36.3 Å². The number of carbonyl (C=O) groups is 2. The van der Waals surface area contributed by atoms with Gasteiger partial charge in [0, 0.05) is 43.5 Å². The number of halogens is 1. The number of aromatic nitrogens is 2. The van der Waals surface area contributed by atoms with E-state index >= 15 is 0 Å². The fourth-order valence-electron chi connectivity index (χ4n) is 3.81. The summed E-state index contributed by atoms with van der Waals surface area (Å²) < 4.78 is 7.20. The molecule has 0 bridgehead atoms. The monoisotopic (exact) mass is 435 g/mol. The molecule has 0 fully saturated rings. The summed E-state index contributed by atoms with van der Waals surface area (Å²) in [5.74, 6) is -0.0260. The lowest BCUT2D eigenvalue weighted by Gasteiger charge is -2.39. The van der Waals surface area contributed by atoms with Crippen molar-refractivity contribution in [3.8, 4) is 11.3 Å². The molecule has 0 aliphatic carbocycles. The molecule has 1 aromatic heterocycles. The predicted octanol–water partition coefficient (Wildman–Crippen LogP) is 3.25. The van der Waals surface area contributed by atoms with Gasteiger partial charge < -0.3 is 25.3 Å². The summed E-state index contributed by atoms with van der Waals surface area (Å²) in [6.07, 6.45) is 3.63. The van der Waals surface area contributed by atoms with Gasteiger partial charge in [-0.1, -0.05) is 6.07 Å². The number of nitrogens with one attached hydrogen (secondary N) is 1. The Kier molecular flexibility index (Phi) is 7.86. The van der Waals surface area contributed by atoms with Crippen LogP contribution >= 0.6 is 12.4 Å². The summed E-state index contributed by atoms with van der Waals surface area (Å²) in [5, 5.41) is 2.96. The number of amides is 2. The van der Waals surface area contributed by atoms with Crippen LogP contribution in [0.5, 0.6) is 0 Å². The second-order valence-corrected chi connectivity index (χ2v) is 7.68. The molecule has 2 amide bonds. The number of imidazole rings is 1. The van der Waals surface area contributed by atoms with E-state index in [1.54, 1.807) is 18.2 Å². The number of alkyl carbamates (subject to hydrolysis) is 1. The van der Waals surface area contributed by atoms with Crippen molar-refractivity contribution >= 4 is 30.1 Å². The molecule has 8 nitrogen and oxygen atoms in total. The fraction of sp³-hybridized carbons (Fsp3) is 0.476. The van der Waals surface area contributed by atoms with Crippen LogP contribution in [0.4, 0.5) is 10.5 Å². The standard InChI is InChI=1S/C21H29N5O3.ClH/c1-13(2)29-21(28)24-18-9-14(3)26(15(4)27)20-6-5-16(10-17(18)20)19-11-25(8-7-22)12-23-19;/h5-6,10-14,18H,7-9,22H2,1-4H3,(H,24,28);1H/t14-,18+;/m0./s1. The summed E-state index contributed by atoms with van der Waals surface area (Å²) in [6, 6.07) is 5.57. The molecular formula is C21H30ClN5O3. The Labute approximate surface area is 183 Å². The summed E-state index contributed by atoms with van der Waals surface area (Å²) >= 11 is 0. The SMILES string of the molecule is CC(=O)N1c2ccc(-c3cn(CCN)cn3)cc2[C@H](NC(=O)OC(C)C)C[C@@H]1C.Cl. The molecule has 1 aliphatic heterocycles. The lowest BCUT2D eigenvalue weighted by Crippen LogP contribution is -2.45. The van der Waals surface area contributed by atoms with Crippen molar-refractivity contribution in [2.45, 2.75) is 58.8 Å². The first-order valence-corrected chi connectivity index (χ1v) is 9.93. The van der Waals surface area contributed by atoms with Crippen LogP contribution in [-0.4, -0.2) is 40.2 Å². The van der Waals surface area contributed by atoms with Gasteiger partial charge >= 0.3 is 6.09 Å². The minimum absolute atomic E-state index is 0. The second-order valence-electron chi connectivity index (χ2n) is 7.68. The molecule has 0 saturated carbocycles. The Morgan fingerprint density at radius 2 is 2.10 bits per heavy atom. The molecule has 9 heteroatoms.